The smallest absolute Gasteiger partial charge is 0.258 e. The Kier molecular flexibility index (Phi) is 5.98. The monoisotopic (exact) mass is 434 g/mol. The minimum Gasteiger partial charge on any atom is -0.497 e. The molecular weight excluding hydrogens is 414 g/mol. The van der Waals surface area contributed by atoms with E-state index in [0.29, 0.717) is 28.4 Å². The van der Waals surface area contributed by atoms with Gasteiger partial charge in [-0.05, 0) is 59.0 Å². The average molecular weight is 434 g/mol. The molecule has 0 bridgehead atoms. The molecule has 7 heteroatoms. The lowest BCUT2D eigenvalue weighted by molar-refractivity contribution is 0.0951. The highest BCUT2D eigenvalue weighted by Crippen LogP contribution is 2.15. The Morgan fingerprint density at radius 1 is 0.938 bits per heavy atom. The van der Waals surface area contributed by atoms with Crippen LogP contribution in [0.1, 0.15) is 21.5 Å². The quantitative estimate of drug-likeness (QED) is 0.493. The van der Waals surface area contributed by atoms with Gasteiger partial charge in [0, 0.05) is 23.7 Å². The van der Waals surface area contributed by atoms with Crippen LogP contribution in [0.3, 0.4) is 0 Å². The summed E-state index contributed by atoms with van der Waals surface area (Å²) in [4.78, 5) is 25.6. The van der Waals surface area contributed by atoms with Gasteiger partial charge in [0.1, 0.15) is 5.75 Å². The molecule has 0 aliphatic rings. The van der Waals surface area contributed by atoms with Gasteiger partial charge in [-0.3, -0.25) is 9.59 Å². The van der Waals surface area contributed by atoms with Gasteiger partial charge in [0.05, 0.1) is 13.7 Å². The van der Waals surface area contributed by atoms with Crippen molar-refractivity contribution in [1.82, 2.24) is 9.88 Å². The summed E-state index contributed by atoms with van der Waals surface area (Å²) < 4.78 is 33.2. The Balaban J connectivity index is 1.55. The van der Waals surface area contributed by atoms with Crippen LogP contribution in [0.25, 0.3) is 10.8 Å². The molecule has 162 valence electrons. The fraction of sp³-hybridized carbons (Fsp3) is 0.120. The summed E-state index contributed by atoms with van der Waals surface area (Å²) in [7, 11) is 1.59. The van der Waals surface area contributed by atoms with E-state index in [1.54, 1.807) is 37.6 Å². The zero-order chi connectivity index (χ0) is 22.7. The third-order valence-electron chi connectivity index (χ3n) is 5.19. The average Bonchev–Trinajstić information content (AvgIpc) is 2.82. The van der Waals surface area contributed by atoms with Crippen molar-refractivity contribution in [2.75, 3.05) is 7.11 Å². The Morgan fingerprint density at radius 2 is 1.69 bits per heavy atom. The van der Waals surface area contributed by atoms with E-state index < -0.39 is 11.6 Å². The minimum absolute atomic E-state index is 0.0832. The number of rotatable bonds is 6. The lowest BCUT2D eigenvalue weighted by atomic mass is 10.1. The second-order valence-corrected chi connectivity index (χ2v) is 7.33. The number of nitrogens with one attached hydrogen (secondary N) is 1. The number of ether oxygens (including phenoxy) is 1. The molecular formula is C25H20F2N2O3. The van der Waals surface area contributed by atoms with Crippen molar-refractivity contribution in [2.45, 2.75) is 13.1 Å². The van der Waals surface area contributed by atoms with E-state index in [-0.39, 0.29) is 18.0 Å². The van der Waals surface area contributed by atoms with Crippen molar-refractivity contribution in [3.63, 3.8) is 0 Å². The number of amides is 1. The van der Waals surface area contributed by atoms with Crippen molar-refractivity contribution in [2.24, 2.45) is 0 Å². The van der Waals surface area contributed by atoms with E-state index in [9.17, 15) is 18.4 Å². The molecule has 1 N–H and O–H groups in total. The molecule has 1 heterocycles. The molecule has 0 aliphatic heterocycles. The summed E-state index contributed by atoms with van der Waals surface area (Å²) in [6, 6.07) is 17.5. The number of carbonyl (C=O) groups excluding carboxylic acids is 1. The van der Waals surface area contributed by atoms with Gasteiger partial charge in [-0.2, -0.15) is 0 Å². The summed E-state index contributed by atoms with van der Waals surface area (Å²) in [5.41, 5.74) is 1.40. The van der Waals surface area contributed by atoms with Gasteiger partial charge in [0.15, 0.2) is 11.6 Å². The van der Waals surface area contributed by atoms with Gasteiger partial charge in [0.2, 0.25) is 0 Å². The predicted molar refractivity (Wildman–Crippen MR) is 118 cm³/mol. The van der Waals surface area contributed by atoms with Gasteiger partial charge in [-0.15, -0.1) is 0 Å². The molecule has 0 fully saturated rings. The second-order valence-electron chi connectivity index (χ2n) is 7.33. The first kappa shape index (κ1) is 21.2. The standard InChI is InChI=1S/C25H20F2N2O3/c1-32-20-7-2-16(3-8-20)14-28-24(30)19-6-5-18-10-11-29(25(31)21(18)13-19)15-17-4-9-22(26)23(27)12-17/h2-13H,14-15H2,1H3,(H,28,30). The van der Waals surface area contributed by atoms with Crippen LogP contribution in [-0.2, 0) is 13.1 Å². The van der Waals surface area contributed by atoms with Crippen molar-refractivity contribution >= 4 is 16.7 Å². The normalized spacial score (nSPS) is 10.8. The molecule has 0 saturated heterocycles. The summed E-state index contributed by atoms with van der Waals surface area (Å²) in [5, 5.41) is 3.89. The number of fused-ring (bicyclic) bond motifs is 1. The number of carbonyl (C=O) groups is 1. The first-order valence-electron chi connectivity index (χ1n) is 9.93. The van der Waals surface area contributed by atoms with Crippen LogP contribution in [0.4, 0.5) is 8.78 Å². The van der Waals surface area contributed by atoms with Gasteiger partial charge in [-0.1, -0.05) is 24.3 Å². The highest BCUT2D eigenvalue weighted by molar-refractivity contribution is 5.98. The van der Waals surface area contributed by atoms with Crippen molar-refractivity contribution < 1.29 is 18.3 Å². The fourth-order valence-corrected chi connectivity index (χ4v) is 3.41. The van der Waals surface area contributed by atoms with Crippen LogP contribution < -0.4 is 15.6 Å². The summed E-state index contributed by atoms with van der Waals surface area (Å²) in [5.74, 6) is -1.48. The van der Waals surface area contributed by atoms with Crippen LogP contribution in [0.2, 0.25) is 0 Å². The Morgan fingerprint density at radius 3 is 2.41 bits per heavy atom. The molecule has 1 amide bonds. The van der Waals surface area contributed by atoms with Crippen molar-refractivity contribution in [1.29, 1.82) is 0 Å². The molecule has 32 heavy (non-hydrogen) atoms. The Bertz CT molecular complexity index is 1350. The van der Waals surface area contributed by atoms with E-state index in [1.165, 1.54) is 10.6 Å². The Hall–Kier alpha value is -4.00. The summed E-state index contributed by atoms with van der Waals surface area (Å²) >= 11 is 0. The van der Waals surface area contributed by atoms with E-state index in [1.807, 2.05) is 24.3 Å². The van der Waals surface area contributed by atoms with Gasteiger partial charge >= 0.3 is 0 Å². The lowest BCUT2D eigenvalue weighted by Gasteiger charge is -2.10. The van der Waals surface area contributed by atoms with Crippen molar-refractivity contribution in [3.8, 4) is 5.75 Å². The SMILES string of the molecule is COc1ccc(CNC(=O)c2ccc3ccn(Cc4ccc(F)c(F)c4)c(=O)c3c2)cc1. The first-order chi connectivity index (χ1) is 15.4. The molecule has 0 spiro atoms. The molecule has 0 radical (unpaired) electrons. The fourth-order valence-electron chi connectivity index (χ4n) is 3.41. The van der Waals surface area contributed by atoms with E-state index >= 15 is 0 Å². The van der Waals surface area contributed by atoms with E-state index in [2.05, 4.69) is 5.32 Å². The van der Waals surface area contributed by atoms with Crippen LogP contribution in [-0.4, -0.2) is 17.6 Å². The number of nitrogens with zero attached hydrogens (tertiary/aromatic N) is 1. The number of methoxy groups -OCH3 is 1. The first-order valence-corrected chi connectivity index (χ1v) is 9.93. The van der Waals surface area contributed by atoms with Gasteiger partial charge < -0.3 is 14.6 Å². The number of hydrogen-bond donors (Lipinski definition) is 1. The minimum atomic E-state index is -0.966. The number of hydrogen-bond acceptors (Lipinski definition) is 3. The zero-order valence-electron chi connectivity index (χ0n) is 17.3. The van der Waals surface area contributed by atoms with E-state index in [4.69, 9.17) is 4.74 Å². The maximum absolute atomic E-state index is 13.5. The summed E-state index contributed by atoms with van der Waals surface area (Å²) in [6.07, 6.45) is 1.59. The molecule has 4 rings (SSSR count). The highest BCUT2D eigenvalue weighted by Gasteiger charge is 2.11. The highest BCUT2D eigenvalue weighted by atomic mass is 19.2. The second kappa shape index (κ2) is 9.01. The third-order valence-corrected chi connectivity index (χ3v) is 5.19. The van der Waals surface area contributed by atoms with Crippen LogP contribution in [0.5, 0.6) is 5.75 Å². The van der Waals surface area contributed by atoms with Crippen LogP contribution >= 0.6 is 0 Å². The van der Waals surface area contributed by atoms with E-state index in [0.717, 1.165) is 23.4 Å². The zero-order valence-corrected chi connectivity index (χ0v) is 17.3. The maximum atomic E-state index is 13.5. The Labute approximate surface area is 182 Å². The molecule has 0 aliphatic carbocycles. The van der Waals surface area contributed by atoms with Crippen LogP contribution in [0, 0.1) is 11.6 Å². The predicted octanol–water partition coefficient (Wildman–Crippen LogP) is 4.27. The van der Waals surface area contributed by atoms with Crippen LogP contribution in [0.15, 0.2) is 77.7 Å². The maximum Gasteiger partial charge on any atom is 0.258 e. The number of benzene rings is 3. The molecule has 5 nitrogen and oxygen atoms in total. The van der Waals surface area contributed by atoms with Crippen molar-refractivity contribution in [3.05, 3.63) is 112 Å². The van der Waals surface area contributed by atoms with Gasteiger partial charge in [0.25, 0.3) is 11.5 Å². The number of aromatic nitrogens is 1. The van der Waals surface area contributed by atoms with Gasteiger partial charge in [-0.25, -0.2) is 8.78 Å². The molecule has 0 saturated carbocycles. The molecule has 0 atom stereocenters. The topological polar surface area (TPSA) is 60.3 Å². The molecule has 0 unspecified atom stereocenters. The lowest BCUT2D eigenvalue weighted by Crippen LogP contribution is -2.24. The third kappa shape index (κ3) is 4.51. The number of halogens is 2. The largest absolute Gasteiger partial charge is 0.497 e. The molecule has 4 aromatic rings. The summed E-state index contributed by atoms with van der Waals surface area (Å²) in [6.45, 7) is 0.413. The molecule has 3 aromatic carbocycles. The number of pyridine rings is 1. The molecule has 1 aromatic heterocycles.